The van der Waals surface area contributed by atoms with Gasteiger partial charge < -0.3 is 9.64 Å². The molecule has 5 rings (SSSR count). The Morgan fingerprint density at radius 2 is 2.03 bits per heavy atom. The zero-order valence-corrected chi connectivity index (χ0v) is 20.7. The van der Waals surface area contributed by atoms with Crippen molar-refractivity contribution in [3.05, 3.63) is 83.8 Å². The zero-order chi connectivity index (χ0) is 24.0. The number of amides is 1. The Labute approximate surface area is 209 Å². The minimum atomic E-state index is -0.0313. The van der Waals surface area contributed by atoms with Gasteiger partial charge in [0.05, 0.1) is 30.0 Å². The lowest BCUT2D eigenvalue weighted by molar-refractivity contribution is 0.0628. The molecular weight excluding hydrogens is 458 g/mol. The van der Waals surface area contributed by atoms with Gasteiger partial charge in [0.15, 0.2) is 5.69 Å². The van der Waals surface area contributed by atoms with E-state index in [1.54, 1.807) is 6.20 Å². The highest BCUT2D eigenvalue weighted by molar-refractivity contribution is 6.99. The van der Waals surface area contributed by atoms with Crippen molar-refractivity contribution < 1.29 is 9.53 Å². The second-order valence-corrected chi connectivity index (χ2v) is 9.77. The third-order valence-corrected chi connectivity index (χ3v) is 6.82. The maximum Gasteiger partial charge on any atom is 0.275 e. The number of likely N-dealkylation sites (tertiary alicyclic amines) is 1. The first-order valence-electron chi connectivity index (χ1n) is 11.9. The van der Waals surface area contributed by atoms with Crippen molar-refractivity contribution >= 4 is 28.5 Å². The zero-order valence-electron chi connectivity index (χ0n) is 19.8. The fraction of sp³-hybridized carbons (Fsp3) is 0.333. The van der Waals surface area contributed by atoms with Crippen LogP contribution in [0.4, 0.5) is 0 Å². The fourth-order valence-electron chi connectivity index (χ4n) is 4.66. The minimum absolute atomic E-state index is 0.0313. The maximum absolute atomic E-state index is 12.6. The van der Waals surface area contributed by atoms with E-state index < -0.39 is 0 Å². The highest BCUT2D eigenvalue weighted by atomic mass is 32.1. The molecule has 1 amide bonds. The summed E-state index contributed by atoms with van der Waals surface area (Å²) in [4.78, 5) is 21.2. The van der Waals surface area contributed by atoms with Crippen LogP contribution in [0.1, 0.15) is 34.5 Å². The molecule has 4 aromatic rings. The molecular formula is C27H29N5O2S. The monoisotopic (exact) mass is 487 g/mol. The Morgan fingerprint density at radius 1 is 1.14 bits per heavy atom. The van der Waals surface area contributed by atoms with Gasteiger partial charge in [0.25, 0.3) is 5.91 Å². The minimum Gasteiger partial charge on any atom is -0.493 e. The summed E-state index contributed by atoms with van der Waals surface area (Å²) >= 11 is 1.07. The van der Waals surface area contributed by atoms with E-state index in [-0.39, 0.29) is 5.91 Å². The van der Waals surface area contributed by atoms with Crippen molar-refractivity contribution in [2.75, 3.05) is 26.7 Å². The van der Waals surface area contributed by atoms with Crippen LogP contribution in [0.5, 0.6) is 5.75 Å². The molecule has 35 heavy (non-hydrogen) atoms. The number of pyridine rings is 1. The molecule has 0 unspecified atom stereocenters. The molecule has 0 radical (unpaired) electrons. The van der Waals surface area contributed by atoms with Crippen molar-refractivity contribution in [3.8, 4) is 5.75 Å². The van der Waals surface area contributed by atoms with Crippen LogP contribution in [0.25, 0.3) is 10.9 Å². The summed E-state index contributed by atoms with van der Waals surface area (Å²) in [6, 6.07) is 18.8. The first kappa shape index (κ1) is 23.4. The van der Waals surface area contributed by atoms with Crippen molar-refractivity contribution in [2.45, 2.75) is 25.9 Å². The largest absolute Gasteiger partial charge is 0.493 e. The topological polar surface area (TPSA) is 71.5 Å². The van der Waals surface area contributed by atoms with Gasteiger partial charge >= 0.3 is 0 Å². The molecule has 0 bridgehead atoms. The van der Waals surface area contributed by atoms with Gasteiger partial charge in [-0.05, 0) is 61.3 Å². The molecule has 1 aliphatic rings. The van der Waals surface area contributed by atoms with Gasteiger partial charge in [-0.1, -0.05) is 24.3 Å². The molecule has 2 aromatic carbocycles. The molecule has 3 heterocycles. The second-order valence-electron chi connectivity index (χ2n) is 9.21. The van der Waals surface area contributed by atoms with E-state index in [0.717, 1.165) is 55.5 Å². The number of fused-ring (bicyclic) bond motifs is 1. The fourth-order valence-corrected chi connectivity index (χ4v) is 5.06. The standard InChI is InChI=1S/C27H29N5O2S/c1-31(17-21-9-10-25-23(13-21)7-3-11-28-25)16-20-5-2-8-24(14-20)34-19-22-6-4-12-32(18-22)27(33)26-15-29-35-30-26/h2-3,5,7-11,13-15,22H,4,6,12,16-19H2,1H3/t22-/m1/s1. The molecule has 8 heteroatoms. The molecule has 1 fully saturated rings. The van der Waals surface area contributed by atoms with E-state index in [1.807, 2.05) is 29.3 Å². The van der Waals surface area contributed by atoms with Gasteiger partial charge in [0, 0.05) is 43.7 Å². The van der Waals surface area contributed by atoms with Gasteiger partial charge in [-0.3, -0.25) is 14.7 Å². The Bertz CT molecular complexity index is 1280. The predicted octanol–water partition coefficient (Wildman–Crippen LogP) is 4.65. The molecule has 0 N–H and O–H groups in total. The summed E-state index contributed by atoms with van der Waals surface area (Å²) in [7, 11) is 2.13. The third kappa shape index (κ3) is 6.01. The van der Waals surface area contributed by atoms with E-state index in [4.69, 9.17) is 4.74 Å². The summed E-state index contributed by atoms with van der Waals surface area (Å²) in [5.41, 5.74) is 3.94. The van der Waals surface area contributed by atoms with E-state index in [0.29, 0.717) is 24.8 Å². The van der Waals surface area contributed by atoms with E-state index in [9.17, 15) is 4.79 Å². The van der Waals surface area contributed by atoms with Gasteiger partial charge in [-0.25, -0.2) is 0 Å². The molecule has 1 saturated heterocycles. The Balaban J connectivity index is 1.14. The summed E-state index contributed by atoms with van der Waals surface area (Å²) in [6.07, 6.45) is 5.41. The number of carbonyl (C=O) groups is 1. The lowest BCUT2D eigenvalue weighted by atomic mass is 9.98. The number of nitrogens with zero attached hydrogens (tertiary/aromatic N) is 5. The van der Waals surface area contributed by atoms with Crippen molar-refractivity contribution in [3.63, 3.8) is 0 Å². The summed E-state index contributed by atoms with van der Waals surface area (Å²) in [5.74, 6) is 1.16. The number of piperidine rings is 1. The highest BCUT2D eigenvalue weighted by Gasteiger charge is 2.26. The predicted molar refractivity (Wildman–Crippen MR) is 137 cm³/mol. The average molecular weight is 488 g/mol. The second kappa shape index (κ2) is 10.9. The van der Waals surface area contributed by atoms with Crippen molar-refractivity contribution in [1.82, 2.24) is 23.5 Å². The van der Waals surface area contributed by atoms with Crippen LogP contribution in [0, 0.1) is 5.92 Å². The maximum atomic E-state index is 12.6. The van der Waals surface area contributed by atoms with Gasteiger partial charge in [0.2, 0.25) is 0 Å². The molecule has 0 aliphatic carbocycles. The van der Waals surface area contributed by atoms with Crippen LogP contribution >= 0.6 is 11.7 Å². The summed E-state index contributed by atoms with van der Waals surface area (Å²) in [5, 5.41) is 1.17. The Hall–Kier alpha value is -3.36. The Morgan fingerprint density at radius 3 is 2.89 bits per heavy atom. The molecule has 1 aliphatic heterocycles. The van der Waals surface area contributed by atoms with E-state index >= 15 is 0 Å². The van der Waals surface area contributed by atoms with Crippen LogP contribution in [-0.2, 0) is 13.1 Å². The van der Waals surface area contributed by atoms with Crippen molar-refractivity contribution in [1.29, 1.82) is 0 Å². The van der Waals surface area contributed by atoms with Gasteiger partial charge in [0.1, 0.15) is 5.75 Å². The number of hydrogen-bond acceptors (Lipinski definition) is 7. The molecule has 2 aromatic heterocycles. The first-order valence-corrected chi connectivity index (χ1v) is 12.7. The molecule has 1 atom stereocenters. The van der Waals surface area contributed by atoms with Crippen molar-refractivity contribution in [2.24, 2.45) is 5.92 Å². The Kier molecular flexibility index (Phi) is 7.30. The number of rotatable bonds is 8. The lowest BCUT2D eigenvalue weighted by Gasteiger charge is -2.32. The number of hydrogen-bond donors (Lipinski definition) is 0. The molecule has 7 nitrogen and oxygen atoms in total. The average Bonchev–Trinajstić information content (AvgIpc) is 3.42. The quantitative estimate of drug-likeness (QED) is 0.360. The highest BCUT2D eigenvalue weighted by Crippen LogP contribution is 2.22. The van der Waals surface area contributed by atoms with Crippen LogP contribution < -0.4 is 4.74 Å². The van der Waals surface area contributed by atoms with Crippen LogP contribution in [0.3, 0.4) is 0 Å². The van der Waals surface area contributed by atoms with Crippen LogP contribution in [0.2, 0.25) is 0 Å². The van der Waals surface area contributed by atoms with E-state index in [1.165, 1.54) is 16.5 Å². The summed E-state index contributed by atoms with van der Waals surface area (Å²) < 4.78 is 14.2. The lowest BCUT2D eigenvalue weighted by Crippen LogP contribution is -2.41. The summed E-state index contributed by atoms with van der Waals surface area (Å²) in [6.45, 7) is 3.75. The SMILES string of the molecule is CN(Cc1cccc(OC[C@@H]2CCCN(C(=O)c3cnsn3)C2)c1)Cc1ccc2ncccc2c1. The first-order chi connectivity index (χ1) is 17.1. The van der Waals surface area contributed by atoms with Gasteiger partial charge in [-0.2, -0.15) is 8.75 Å². The molecule has 0 saturated carbocycles. The molecule has 180 valence electrons. The number of benzene rings is 2. The normalized spacial score (nSPS) is 16.1. The van der Waals surface area contributed by atoms with E-state index in [2.05, 4.69) is 62.1 Å². The van der Waals surface area contributed by atoms with Crippen LogP contribution in [-0.4, -0.2) is 56.2 Å². The number of ether oxygens (including phenoxy) is 1. The smallest absolute Gasteiger partial charge is 0.275 e. The van der Waals surface area contributed by atoms with Crippen LogP contribution in [0.15, 0.2) is 67.0 Å². The number of aromatic nitrogens is 3. The third-order valence-electron chi connectivity index (χ3n) is 6.34. The van der Waals surface area contributed by atoms with Gasteiger partial charge in [-0.15, -0.1) is 0 Å². The molecule has 0 spiro atoms. The number of carbonyl (C=O) groups excluding carboxylic acids is 1.